The minimum absolute atomic E-state index is 0.0619. The zero-order chi connectivity index (χ0) is 24.9. The molecule has 0 saturated heterocycles. The van der Waals surface area contributed by atoms with Gasteiger partial charge in [0.2, 0.25) is 5.91 Å². The summed E-state index contributed by atoms with van der Waals surface area (Å²) in [5.74, 6) is 1.25. The summed E-state index contributed by atoms with van der Waals surface area (Å²) in [6.45, 7) is 1.22. The van der Waals surface area contributed by atoms with Crippen LogP contribution in [0.15, 0.2) is 78.4 Å². The molecule has 1 amide bonds. The lowest BCUT2D eigenvalue weighted by atomic mass is 10.1. The number of para-hydroxylation sites is 2. The van der Waals surface area contributed by atoms with E-state index >= 15 is 0 Å². The normalized spacial score (nSPS) is 10.9. The monoisotopic (exact) mass is 498 g/mol. The van der Waals surface area contributed by atoms with E-state index in [1.807, 2.05) is 60.2 Å². The third-order valence-corrected chi connectivity index (χ3v) is 6.86. The first kappa shape index (κ1) is 23.6. The lowest BCUT2D eigenvalue weighted by Crippen LogP contribution is -2.24. The fraction of sp³-hybridized carbons (Fsp3) is 0.179. The van der Waals surface area contributed by atoms with Gasteiger partial charge in [-0.25, -0.2) is 9.97 Å². The molecule has 0 fully saturated rings. The van der Waals surface area contributed by atoms with Gasteiger partial charge in [0.25, 0.3) is 0 Å². The highest BCUT2D eigenvalue weighted by molar-refractivity contribution is 7.13. The van der Waals surface area contributed by atoms with Crippen molar-refractivity contribution >= 4 is 28.3 Å². The van der Waals surface area contributed by atoms with E-state index < -0.39 is 0 Å². The fourth-order valence-corrected chi connectivity index (χ4v) is 4.83. The van der Waals surface area contributed by atoms with Crippen LogP contribution in [0, 0.1) is 0 Å². The van der Waals surface area contributed by atoms with Gasteiger partial charge in [0, 0.05) is 24.0 Å². The Kier molecular flexibility index (Phi) is 6.95. The number of methoxy groups -OCH3 is 2. The van der Waals surface area contributed by atoms with Crippen LogP contribution in [0.5, 0.6) is 11.5 Å². The number of carbonyl (C=O) groups is 1. The molecule has 0 aliphatic carbocycles. The molecule has 2 aromatic heterocycles. The zero-order valence-corrected chi connectivity index (χ0v) is 20.9. The SMILES string of the molecule is COc1ccc(-c2nc(CC(=O)NCc3ccc(Cn4cnc5ccccc54)cc3)cs2)cc1OC. The van der Waals surface area contributed by atoms with Crippen LogP contribution < -0.4 is 14.8 Å². The average Bonchev–Trinajstić information content (AvgIpc) is 3.55. The summed E-state index contributed by atoms with van der Waals surface area (Å²) < 4.78 is 12.8. The van der Waals surface area contributed by atoms with Crippen LogP contribution in [-0.4, -0.2) is 34.7 Å². The van der Waals surface area contributed by atoms with Gasteiger partial charge in [-0.3, -0.25) is 4.79 Å². The van der Waals surface area contributed by atoms with Gasteiger partial charge in [0.15, 0.2) is 11.5 Å². The Hall–Kier alpha value is -4.17. The Balaban J connectivity index is 1.15. The number of ether oxygens (including phenoxy) is 2. The van der Waals surface area contributed by atoms with Crippen molar-refractivity contribution in [2.45, 2.75) is 19.5 Å². The Morgan fingerprint density at radius 3 is 2.56 bits per heavy atom. The fourth-order valence-electron chi connectivity index (χ4n) is 4.01. The van der Waals surface area contributed by atoms with E-state index in [1.165, 1.54) is 16.9 Å². The third kappa shape index (κ3) is 5.23. The summed E-state index contributed by atoms with van der Waals surface area (Å²) in [6.07, 6.45) is 2.10. The molecule has 0 aliphatic rings. The van der Waals surface area contributed by atoms with Gasteiger partial charge in [-0.05, 0) is 41.5 Å². The van der Waals surface area contributed by atoms with Gasteiger partial charge in [-0.15, -0.1) is 11.3 Å². The van der Waals surface area contributed by atoms with Gasteiger partial charge in [-0.1, -0.05) is 36.4 Å². The van der Waals surface area contributed by atoms with Crippen LogP contribution in [-0.2, 0) is 24.3 Å². The molecule has 1 N–H and O–H groups in total. The molecule has 2 heterocycles. The number of thiazole rings is 1. The maximum Gasteiger partial charge on any atom is 0.226 e. The first-order chi connectivity index (χ1) is 17.6. The number of fused-ring (bicyclic) bond motifs is 1. The van der Waals surface area contributed by atoms with Gasteiger partial charge >= 0.3 is 0 Å². The topological polar surface area (TPSA) is 78.3 Å². The Morgan fingerprint density at radius 1 is 0.972 bits per heavy atom. The lowest BCUT2D eigenvalue weighted by Gasteiger charge is -2.08. The van der Waals surface area contributed by atoms with Gasteiger partial charge in [0.05, 0.1) is 43.7 Å². The number of imidazole rings is 1. The van der Waals surface area contributed by atoms with Crippen LogP contribution in [0.1, 0.15) is 16.8 Å². The lowest BCUT2D eigenvalue weighted by molar-refractivity contribution is -0.120. The molecule has 182 valence electrons. The van der Waals surface area contributed by atoms with Crippen molar-refractivity contribution in [1.82, 2.24) is 19.9 Å². The van der Waals surface area contributed by atoms with Crippen LogP contribution in [0.25, 0.3) is 21.6 Å². The van der Waals surface area contributed by atoms with Gasteiger partial charge in [0.1, 0.15) is 5.01 Å². The molecule has 0 radical (unpaired) electrons. The molecule has 7 nitrogen and oxygen atoms in total. The van der Waals surface area contributed by atoms with E-state index in [0.717, 1.165) is 39.4 Å². The molecule has 3 aromatic carbocycles. The number of hydrogen-bond acceptors (Lipinski definition) is 6. The van der Waals surface area contributed by atoms with Crippen molar-refractivity contribution in [3.05, 3.63) is 95.3 Å². The number of carbonyl (C=O) groups excluding carboxylic acids is 1. The first-order valence-electron chi connectivity index (χ1n) is 11.5. The van der Waals surface area contributed by atoms with Crippen molar-refractivity contribution in [1.29, 1.82) is 0 Å². The summed E-state index contributed by atoms with van der Waals surface area (Å²) in [5, 5.41) is 5.74. The molecule has 0 bridgehead atoms. The maximum atomic E-state index is 12.5. The number of nitrogens with zero attached hydrogens (tertiary/aromatic N) is 3. The Labute approximate surface area is 213 Å². The molecular weight excluding hydrogens is 472 g/mol. The Morgan fingerprint density at radius 2 is 1.75 bits per heavy atom. The van der Waals surface area contributed by atoms with E-state index in [0.29, 0.717) is 18.0 Å². The standard InChI is InChI=1S/C28H26N4O3S/c1-34-25-12-11-21(13-26(25)35-2)28-31-22(17-36-28)14-27(33)29-15-19-7-9-20(10-8-19)16-32-18-30-23-5-3-4-6-24(23)32/h3-13,17-18H,14-16H2,1-2H3,(H,29,33). The minimum atomic E-state index is -0.0619. The molecule has 0 atom stereocenters. The number of rotatable bonds is 9. The van der Waals surface area contributed by atoms with Crippen LogP contribution in [0.4, 0.5) is 0 Å². The van der Waals surface area contributed by atoms with Crippen molar-refractivity contribution < 1.29 is 14.3 Å². The quantitative estimate of drug-likeness (QED) is 0.307. The van der Waals surface area contributed by atoms with E-state index in [4.69, 9.17) is 9.47 Å². The molecule has 0 saturated carbocycles. The zero-order valence-electron chi connectivity index (χ0n) is 20.1. The van der Waals surface area contributed by atoms with Crippen LogP contribution >= 0.6 is 11.3 Å². The summed E-state index contributed by atoms with van der Waals surface area (Å²) in [4.78, 5) is 21.6. The first-order valence-corrected chi connectivity index (χ1v) is 12.4. The average molecular weight is 499 g/mol. The molecule has 36 heavy (non-hydrogen) atoms. The second-order valence-corrected chi connectivity index (χ2v) is 9.20. The van der Waals surface area contributed by atoms with Crippen LogP contribution in [0.3, 0.4) is 0 Å². The summed E-state index contributed by atoms with van der Waals surface area (Å²) in [6, 6.07) is 22.1. The number of amides is 1. The Bertz CT molecular complexity index is 1490. The van der Waals surface area contributed by atoms with Crippen LogP contribution in [0.2, 0.25) is 0 Å². The second-order valence-electron chi connectivity index (χ2n) is 8.34. The predicted octanol–water partition coefficient (Wildman–Crippen LogP) is 5.08. The molecule has 0 aliphatic heterocycles. The minimum Gasteiger partial charge on any atom is -0.493 e. The molecule has 5 rings (SSSR count). The third-order valence-electron chi connectivity index (χ3n) is 5.92. The highest BCUT2D eigenvalue weighted by Gasteiger charge is 2.12. The number of hydrogen-bond donors (Lipinski definition) is 1. The van der Waals surface area contributed by atoms with Gasteiger partial charge < -0.3 is 19.4 Å². The largest absolute Gasteiger partial charge is 0.493 e. The van der Waals surface area contributed by atoms with E-state index in [1.54, 1.807) is 14.2 Å². The number of benzene rings is 3. The van der Waals surface area contributed by atoms with Crippen molar-refractivity contribution in [2.24, 2.45) is 0 Å². The molecule has 0 unspecified atom stereocenters. The summed E-state index contributed by atoms with van der Waals surface area (Å²) >= 11 is 1.50. The molecular formula is C28H26N4O3S. The van der Waals surface area contributed by atoms with Crippen molar-refractivity contribution in [3.8, 4) is 22.1 Å². The summed E-state index contributed by atoms with van der Waals surface area (Å²) in [5.41, 5.74) is 6.00. The number of nitrogens with one attached hydrogen (secondary N) is 1. The molecule has 8 heteroatoms. The smallest absolute Gasteiger partial charge is 0.226 e. The molecule has 5 aromatic rings. The van der Waals surface area contributed by atoms with Crippen molar-refractivity contribution in [2.75, 3.05) is 14.2 Å². The highest BCUT2D eigenvalue weighted by atomic mass is 32.1. The van der Waals surface area contributed by atoms with E-state index in [2.05, 4.69) is 38.1 Å². The highest BCUT2D eigenvalue weighted by Crippen LogP contribution is 2.33. The predicted molar refractivity (Wildman–Crippen MR) is 141 cm³/mol. The maximum absolute atomic E-state index is 12.5. The second kappa shape index (κ2) is 10.6. The molecule has 0 spiro atoms. The van der Waals surface area contributed by atoms with E-state index in [9.17, 15) is 4.79 Å². The summed E-state index contributed by atoms with van der Waals surface area (Å²) in [7, 11) is 3.21. The van der Waals surface area contributed by atoms with E-state index in [-0.39, 0.29) is 12.3 Å². The number of aromatic nitrogens is 3. The van der Waals surface area contributed by atoms with Crippen molar-refractivity contribution in [3.63, 3.8) is 0 Å². The van der Waals surface area contributed by atoms with Gasteiger partial charge in [-0.2, -0.15) is 0 Å².